The predicted molar refractivity (Wildman–Crippen MR) is 95.9 cm³/mol. The summed E-state index contributed by atoms with van der Waals surface area (Å²) in [5.74, 6) is -0.144. The van der Waals surface area contributed by atoms with Gasteiger partial charge in [-0.15, -0.1) is 0 Å². The van der Waals surface area contributed by atoms with Crippen LogP contribution in [-0.2, 0) is 0 Å². The van der Waals surface area contributed by atoms with E-state index in [0.29, 0.717) is 5.56 Å². The topological polar surface area (TPSA) is 62.2 Å². The third-order valence-electron chi connectivity index (χ3n) is 3.96. The molecular formula is C20H14N2O2. The van der Waals surface area contributed by atoms with Gasteiger partial charge in [0.2, 0.25) is 0 Å². The fraction of sp³-hybridized carbons (Fsp3) is 0. The highest BCUT2D eigenvalue weighted by Crippen LogP contribution is 2.24. The number of rotatable bonds is 3. The van der Waals surface area contributed by atoms with Crippen molar-refractivity contribution >= 4 is 39.1 Å². The first kappa shape index (κ1) is 14.2. The Balaban J connectivity index is 1.68. The van der Waals surface area contributed by atoms with Crippen LogP contribution in [-0.4, -0.2) is 16.1 Å². The van der Waals surface area contributed by atoms with Crippen LogP contribution in [0.1, 0.15) is 10.4 Å². The molecule has 4 rings (SSSR count). The minimum Gasteiger partial charge on any atom is -0.478 e. The molecule has 0 amide bonds. The van der Waals surface area contributed by atoms with Gasteiger partial charge in [-0.25, -0.2) is 9.78 Å². The maximum absolute atomic E-state index is 11.0. The minimum absolute atomic E-state index is 0.291. The normalized spacial score (nSPS) is 10.8. The number of anilines is 2. The number of pyridine rings is 1. The summed E-state index contributed by atoms with van der Waals surface area (Å²) in [6.45, 7) is 0. The van der Waals surface area contributed by atoms with Crippen LogP contribution in [0.5, 0.6) is 0 Å². The maximum atomic E-state index is 11.0. The summed E-state index contributed by atoms with van der Waals surface area (Å²) in [4.78, 5) is 15.6. The fourth-order valence-corrected chi connectivity index (χ4v) is 2.74. The van der Waals surface area contributed by atoms with E-state index in [-0.39, 0.29) is 0 Å². The molecule has 24 heavy (non-hydrogen) atoms. The average Bonchev–Trinajstić information content (AvgIpc) is 2.61. The predicted octanol–water partition coefficient (Wildman–Crippen LogP) is 4.83. The summed E-state index contributed by atoms with van der Waals surface area (Å²) in [6, 6.07) is 22.9. The third kappa shape index (κ3) is 2.65. The second-order valence-electron chi connectivity index (χ2n) is 5.60. The molecule has 0 aliphatic carbocycles. The summed E-state index contributed by atoms with van der Waals surface area (Å²) in [5.41, 5.74) is 2.14. The highest BCUT2D eigenvalue weighted by atomic mass is 16.4. The SMILES string of the molecule is O=C(O)c1ccc2cc(Nc3ccc4ccccc4n3)ccc2c1. The molecule has 2 N–H and O–H groups in total. The Morgan fingerprint density at radius 1 is 0.833 bits per heavy atom. The van der Waals surface area contributed by atoms with Crippen molar-refractivity contribution in [1.82, 2.24) is 4.98 Å². The minimum atomic E-state index is -0.917. The Labute approximate surface area is 138 Å². The Morgan fingerprint density at radius 3 is 2.46 bits per heavy atom. The smallest absolute Gasteiger partial charge is 0.335 e. The van der Waals surface area contributed by atoms with Gasteiger partial charge in [0.05, 0.1) is 11.1 Å². The van der Waals surface area contributed by atoms with Crippen LogP contribution in [0.4, 0.5) is 11.5 Å². The quantitative estimate of drug-likeness (QED) is 0.568. The number of para-hydroxylation sites is 1. The summed E-state index contributed by atoms with van der Waals surface area (Å²) in [7, 11) is 0. The van der Waals surface area contributed by atoms with Gasteiger partial charge >= 0.3 is 5.97 Å². The van der Waals surface area contributed by atoms with Crippen molar-refractivity contribution in [2.45, 2.75) is 0 Å². The van der Waals surface area contributed by atoms with Crippen LogP contribution in [0, 0.1) is 0 Å². The Kier molecular flexibility index (Phi) is 3.35. The molecule has 0 fully saturated rings. The molecule has 0 unspecified atom stereocenters. The van der Waals surface area contributed by atoms with Crippen LogP contribution >= 0.6 is 0 Å². The number of carboxylic acids is 1. The van der Waals surface area contributed by atoms with Crippen molar-refractivity contribution in [2.24, 2.45) is 0 Å². The first-order chi connectivity index (χ1) is 11.7. The van der Waals surface area contributed by atoms with Crippen molar-refractivity contribution in [3.05, 3.63) is 78.4 Å². The standard InChI is InChI=1S/C20H14N2O2/c23-20(24)16-6-5-15-12-17(9-7-14(15)11-16)21-19-10-8-13-3-1-2-4-18(13)22-19/h1-12H,(H,21,22)(H,23,24). The number of aromatic nitrogens is 1. The van der Waals surface area contributed by atoms with Gasteiger partial charge in [0.25, 0.3) is 0 Å². The lowest BCUT2D eigenvalue weighted by molar-refractivity contribution is 0.0697. The van der Waals surface area contributed by atoms with Gasteiger partial charge in [0.1, 0.15) is 5.82 Å². The molecule has 0 saturated heterocycles. The van der Waals surface area contributed by atoms with Crippen LogP contribution in [0.15, 0.2) is 72.8 Å². The number of hydrogen-bond donors (Lipinski definition) is 2. The molecule has 0 aliphatic heterocycles. The molecule has 0 bridgehead atoms. The van der Waals surface area contributed by atoms with E-state index in [9.17, 15) is 4.79 Å². The summed E-state index contributed by atoms with van der Waals surface area (Å²) >= 11 is 0. The second kappa shape index (κ2) is 5.66. The number of fused-ring (bicyclic) bond motifs is 2. The number of aromatic carboxylic acids is 1. The number of carbonyl (C=O) groups is 1. The van der Waals surface area contributed by atoms with Crippen LogP contribution < -0.4 is 5.32 Å². The van der Waals surface area contributed by atoms with E-state index < -0.39 is 5.97 Å². The fourth-order valence-electron chi connectivity index (χ4n) is 2.74. The van der Waals surface area contributed by atoms with E-state index in [4.69, 9.17) is 5.11 Å². The van der Waals surface area contributed by atoms with Gasteiger partial charge in [-0.3, -0.25) is 0 Å². The zero-order chi connectivity index (χ0) is 16.5. The van der Waals surface area contributed by atoms with Crippen molar-refractivity contribution in [3.8, 4) is 0 Å². The van der Waals surface area contributed by atoms with E-state index in [2.05, 4.69) is 10.3 Å². The highest BCUT2D eigenvalue weighted by molar-refractivity contribution is 5.95. The highest BCUT2D eigenvalue weighted by Gasteiger charge is 2.05. The van der Waals surface area contributed by atoms with Crippen molar-refractivity contribution in [3.63, 3.8) is 0 Å². The number of nitrogens with one attached hydrogen (secondary N) is 1. The molecule has 0 spiro atoms. The lowest BCUT2D eigenvalue weighted by Gasteiger charge is -2.08. The molecule has 0 atom stereocenters. The second-order valence-corrected chi connectivity index (χ2v) is 5.60. The first-order valence-electron chi connectivity index (χ1n) is 7.59. The number of benzene rings is 3. The molecular weight excluding hydrogens is 300 g/mol. The zero-order valence-electron chi connectivity index (χ0n) is 12.7. The monoisotopic (exact) mass is 314 g/mol. The largest absolute Gasteiger partial charge is 0.478 e. The van der Waals surface area contributed by atoms with Crippen molar-refractivity contribution < 1.29 is 9.90 Å². The Bertz CT molecular complexity index is 1070. The van der Waals surface area contributed by atoms with Crippen LogP contribution in [0.3, 0.4) is 0 Å². The third-order valence-corrected chi connectivity index (χ3v) is 3.96. The molecule has 4 aromatic rings. The van der Waals surface area contributed by atoms with E-state index in [1.54, 1.807) is 12.1 Å². The molecule has 0 radical (unpaired) electrons. The van der Waals surface area contributed by atoms with E-state index in [0.717, 1.165) is 33.2 Å². The van der Waals surface area contributed by atoms with Crippen LogP contribution in [0.2, 0.25) is 0 Å². The van der Waals surface area contributed by atoms with Gasteiger partial charge in [-0.2, -0.15) is 0 Å². The van der Waals surface area contributed by atoms with Gasteiger partial charge in [0.15, 0.2) is 0 Å². The summed E-state index contributed by atoms with van der Waals surface area (Å²) < 4.78 is 0. The van der Waals surface area contributed by atoms with Gasteiger partial charge in [0, 0.05) is 11.1 Å². The van der Waals surface area contributed by atoms with Crippen molar-refractivity contribution in [1.29, 1.82) is 0 Å². The van der Waals surface area contributed by atoms with Crippen molar-refractivity contribution in [2.75, 3.05) is 5.32 Å². The Hall–Kier alpha value is -3.40. The summed E-state index contributed by atoms with van der Waals surface area (Å²) in [5, 5.41) is 15.3. The molecule has 4 heteroatoms. The molecule has 0 aliphatic rings. The molecule has 3 aromatic carbocycles. The molecule has 1 heterocycles. The lowest BCUT2D eigenvalue weighted by Crippen LogP contribution is -1.96. The van der Waals surface area contributed by atoms with E-state index >= 15 is 0 Å². The number of carboxylic acid groups (broad SMARTS) is 1. The van der Waals surface area contributed by atoms with Gasteiger partial charge < -0.3 is 10.4 Å². The zero-order valence-corrected chi connectivity index (χ0v) is 12.7. The van der Waals surface area contributed by atoms with Gasteiger partial charge in [-0.05, 0) is 53.2 Å². The van der Waals surface area contributed by atoms with E-state index in [1.807, 2.05) is 60.7 Å². The number of nitrogens with zero attached hydrogens (tertiary/aromatic N) is 1. The van der Waals surface area contributed by atoms with E-state index in [1.165, 1.54) is 0 Å². The summed E-state index contributed by atoms with van der Waals surface area (Å²) in [6.07, 6.45) is 0. The Morgan fingerprint density at radius 2 is 1.58 bits per heavy atom. The molecule has 116 valence electrons. The number of hydrogen-bond acceptors (Lipinski definition) is 3. The lowest BCUT2D eigenvalue weighted by atomic mass is 10.1. The molecule has 0 saturated carbocycles. The average molecular weight is 314 g/mol. The first-order valence-corrected chi connectivity index (χ1v) is 7.59. The maximum Gasteiger partial charge on any atom is 0.335 e. The molecule has 1 aromatic heterocycles. The van der Waals surface area contributed by atoms with Gasteiger partial charge in [-0.1, -0.05) is 30.3 Å². The van der Waals surface area contributed by atoms with Crippen LogP contribution in [0.25, 0.3) is 21.7 Å². The molecule has 4 nitrogen and oxygen atoms in total.